The van der Waals surface area contributed by atoms with Gasteiger partial charge in [-0.25, -0.2) is 4.79 Å². The van der Waals surface area contributed by atoms with E-state index >= 15 is 0 Å². The molecular formula is C29H26N2O3. The normalized spacial score (nSPS) is 13.9. The Labute approximate surface area is 199 Å². The smallest absolute Gasteiger partial charge is 0.268 e. The molecule has 34 heavy (non-hydrogen) atoms. The average molecular weight is 451 g/mol. The third-order valence-electron chi connectivity index (χ3n) is 5.83. The van der Waals surface area contributed by atoms with E-state index in [1.165, 1.54) is 9.80 Å². The molecule has 0 spiro atoms. The maximum atomic E-state index is 13.3. The summed E-state index contributed by atoms with van der Waals surface area (Å²) < 4.78 is 0. The molecule has 1 aliphatic heterocycles. The van der Waals surface area contributed by atoms with Gasteiger partial charge in [-0.05, 0) is 41.2 Å². The molecule has 0 aliphatic carbocycles. The van der Waals surface area contributed by atoms with Crippen LogP contribution in [0.1, 0.15) is 22.3 Å². The molecule has 0 unspecified atom stereocenters. The van der Waals surface area contributed by atoms with Crippen molar-refractivity contribution in [3.05, 3.63) is 119 Å². The van der Waals surface area contributed by atoms with E-state index in [9.17, 15) is 14.4 Å². The van der Waals surface area contributed by atoms with Crippen LogP contribution in [-0.2, 0) is 22.4 Å². The van der Waals surface area contributed by atoms with Crippen LogP contribution in [0, 0.1) is 0 Å². The van der Waals surface area contributed by atoms with Gasteiger partial charge in [-0.1, -0.05) is 97.6 Å². The van der Waals surface area contributed by atoms with Gasteiger partial charge in [0.1, 0.15) is 5.57 Å². The first-order valence-corrected chi connectivity index (χ1v) is 11.3. The Bertz CT molecular complexity index is 1150. The maximum Gasteiger partial charge on any atom is 0.333 e. The van der Waals surface area contributed by atoms with Crippen molar-refractivity contribution >= 4 is 30.0 Å². The summed E-state index contributed by atoms with van der Waals surface area (Å²) in [6.07, 6.45) is 4.32. The van der Waals surface area contributed by atoms with Gasteiger partial charge in [-0.3, -0.25) is 19.4 Å². The van der Waals surface area contributed by atoms with Gasteiger partial charge < -0.3 is 0 Å². The molecule has 170 valence electrons. The highest BCUT2D eigenvalue weighted by atomic mass is 16.2. The summed E-state index contributed by atoms with van der Waals surface area (Å²) >= 11 is 0. The molecule has 1 aliphatic rings. The minimum atomic E-state index is -0.569. The number of carbonyl (C=O) groups is 3. The molecule has 1 fully saturated rings. The van der Waals surface area contributed by atoms with Gasteiger partial charge in [0.2, 0.25) is 0 Å². The Morgan fingerprint density at radius 1 is 0.618 bits per heavy atom. The van der Waals surface area contributed by atoms with Crippen LogP contribution in [0.5, 0.6) is 0 Å². The quantitative estimate of drug-likeness (QED) is 0.359. The number of amides is 4. The molecule has 3 aromatic rings. The monoisotopic (exact) mass is 450 g/mol. The topological polar surface area (TPSA) is 57.7 Å². The Kier molecular flexibility index (Phi) is 7.13. The highest BCUT2D eigenvalue weighted by Crippen LogP contribution is 2.22. The zero-order chi connectivity index (χ0) is 23.9. The van der Waals surface area contributed by atoms with E-state index in [2.05, 4.69) is 6.58 Å². The van der Waals surface area contributed by atoms with Gasteiger partial charge in [0.05, 0.1) is 0 Å². The van der Waals surface area contributed by atoms with Crippen LogP contribution in [0.25, 0.3) is 12.2 Å². The predicted octanol–water partition coefficient (Wildman–Crippen LogP) is 4.99. The third-order valence-corrected chi connectivity index (χ3v) is 5.83. The first-order valence-electron chi connectivity index (χ1n) is 11.3. The van der Waals surface area contributed by atoms with Gasteiger partial charge in [0.25, 0.3) is 11.8 Å². The molecule has 0 bridgehead atoms. The highest BCUT2D eigenvalue weighted by molar-refractivity contribution is 6.30. The lowest BCUT2D eigenvalue weighted by atomic mass is 10.0. The lowest BCUT2D eigenvalue weighted by Crippen LogP contribution is -2.57. The minimum absolute atomic E-state index is 0.00734. The number of carbonyl (C=O) groups excluding carboxylic acids is 3. The zero-order valence-corrected chi connectivity index (χ0v) is 18.9. The summed E-state index contributed by atoms with van der Waals surface area (Å²) in [5.74, 6) is -1.12. The van der Waals surface area contributed by atoms with E-state index in [1.807, 2.05) is 84.9 Å². The molecule has 4 rings (SSSR count). The van der Waals surface area contributed by atoms with Crippen molar-refractivity contribution in [3.8, 4) is 0 Å². The molecule has 3 aromatic carbocycles. The molecule has 0 atom stereocenters. The zero-order valence-electron chi connectivity index (χ0n) is 18.9. The molecular weight excluding hydrogens is 424 g/mol. The SMILES string of the molecule is C=Cc1ccc(C=C2C(=O)N(CCc3ccccc3)C(=O)N(CCc3ccccc3)C2=O)cc1. The van der Waals surface area contributed by atoms with Crippen LogP contribution in [0.2, 0.25) is 0 Å². The number of imide groups is 2. The van der Waals surface area contributed by atoms with Gasteiger partial charge in [-0.15, -0.1) is 0 Å². The van der Waals surface area contributed by atoms with Gasteiger partial charge in [-0.2, -0.15) is 0 Å². The Morgan fingerprint density at radius 2 is 1.06 bits per heavy atom. The van der Waals surface area contributed by atoms with E-state index in [4.69, 9.17) is 0 Å². The number of hydrogen-bond acceptors (Lipinski definition) is 3. The van der Waals surface area contributed by atoms with Crippen LogP contribution >= 0.6 is 0 Å². The standard InChI is InChI=1S/C29H26N2O3/c1-2-22-13-15-25(16-14-22)21-26-27(32)30(19-17-23-9-5-3-6-10-23)29(34)31(28(26)33)20-18-24-11-7-4-8-12-24/h2-16,21H,1,17-20H2. The maximum absolute atomic E-state index is 13.3. The molecule has 0 radical (unpaired) electrons. The second-order valence-electron chi connectivity index (χ2n) is 8.10. The van der Waals surface area contributed by atoms with E-state index in [0.717, 1.165) is 16.7 Å². The fourth-order valence-electron chi connectivity index (χ4n) is 3.89. The molecule has 0 aromatic heterocycles. The minimum Gasteiger partial charge on any atom is -0.268 e. The van der Waals surface area contributed by atoms with E-state index in [-0.39, 0.29) is 18.7 Å². The second-order valence-corrected chi connectivity index (χ2v) is 8.10. The fraction of sp³-hybridized carbons (Fsp3) is 0.138. The summed E-state index contributed by atoms with van der Waals surface area (Å²) in [7, 11) is 0. The Hall–Kier alpha value is -4.25. The largest absolute Gasteiger partial charge is 0.333 e. The highest BCUT2D eigenvalue weighted by Gasteiger charge is 2.41. The fourth-order valence-corrected chi connectivity index (χ4v) is 3.89. The molecule has 0 saturated carbocycles. The molecule has 4 amide bonds. The molecule has 5 heteroatoms. The molecule has 1 saturated heterocycles. The van der Waals surface area contributed by atoms with E-state index < -0.39 is 17.8 Å². The van der Waals surface area contributed by atoms with Crippen LogP contribution < -0.4 is 0 Å². The third kappa shape index (κ3) is 5.21. The van der Waals surface area contributed by atoms with Crippen molar-refractivity contribution in [2.24, 2.45) is 0 Å². The number of nitrogens with zero attached hydrogens (tertiary/aromatic N) is 2. The summed E-state index contributed by atoms with van der Waals surface area (Å²) in [6.45, 7) is 4.14. The van der Waals surface area contributed by atoms with Crippen LogP contribution in [0.4, 0.5) is 4.79 Å². The van der Waals surface area contributed by atoms with Crippen molar-refractivity contribution in [2.45, 2.75) is 12.8 Å². The second kappa shape index (κ2) is 10.6. The van der Waals surface area contributed by atoms with Crippen molar-refractivity contribution in [1.29, 1.82) is 0 Å². The Balaban J connectivity index is 1.62. The Morgan fingerprint density at radius 3 is 1.50 bits per heavy atom. The summed E-state index contributed by atoms with van der Waals surface area (Å²) in [5.41, 5.74) is 3.67. The van der Waals surface area contributed by atoms with Crippen molar-refractivity contribution in [1.82, 2.24) is 9.80 Å². The van der Waals surface area contributed by atoms with Gasteiger partial charge >= 0.3 is 6.03 Å². The predicted molar refractivity (Wildman–Crippen MR) is 134 cm³/mol. The lowest BCUT2D eigenvalue weighted by molar-refractivity contribution is -0.135. The van der Waals surface area contributed by atoms with Crippen LogP contribution in [0.15, 0.2) is 97.1 Å². The molecule has 0 N–H and O–H groups in total. The van der Waals surface area contributed by atoms with Crippen molar-refractivity contribution in [2.75, 3.05) is 13.1 Å². The van der Waals surface area contributed by atoms with E-state index in [0.29, 0.717) is 18.4 Å². The first kappa shape index (κ1) is 22.9. The number of hydrogen-bond donors (Lipinski definition) is 0. The average Bonchev–Trinajstić information content (AvgIpc) is 2.88. The summed E-state index contributed by atoms with van der Waals surface area (Å²) in [5, 5.41) is 0. The first-order chi connectivity index (χ1) is 16.6. The number of rotatable bonds is 8. The van der Waals surface area contributed by atoms with E-state index in [1.54, 1.807) is 12.2 Å². The van der Waals surface area contributed by atoms with Crippen molar-refractivity contribution in [3.63, 3.8) is 0 Å². The van der Waals surface area contributed by atoms with Gasteiger partial charge in [0, 0.05) is 13.1 Å². The number of benzene rings is 3. The molecule has 1 heterocycles. The molecule has 5 nitrogen and oxygen atoms in total. The van der Waals surface area contributed by atoms with Crippen LogP contribution in [0.3, 0.4) is 0 Å². The van der Waals surface area contributed by atoms with Crippen LogP contribution in [-0.4, -0.2) is 40.7 Å². The van der Waals surface area contributed by atoms with Crippen molar-refractivity contribution < 1.29 is 14.4 Å². The summed E-state index contributed by atoms with van der Waals surface area (Å²) in [6, 6.07) is 26.1. The summed E-state index contributed by atoms with van der Waals surface area (Å²) in [4.78, 5) is 42.2. The van der Waals surface area contributed by atoms with Gasteiger partial charge in [0.15, 0.2) is 0 Å². The number of urea groups is 1. The number of barbiturate groups is 1. The lowest BCUT2D eigenvalue weighted by Gasteiger charge is -2.34.